The molecule has 1 aromatic heterocycles. The van der Waals surface area contributed by atoms with Gasteiger partial charge in [0.2, 0.25) is 5.95 Å². The predicted octanol–water partition coefficient (Wildman–Crippen LogP) is -0.0579. The normalized spacial score (nSPS) is 19.2. The molecule has 0 amide bonds. The Morgan fingerprint density at radius 3 is 2.73 bits per heavy atom. The number of rotatable bonds is 1. The Kier molecular flexibility index (Phi) is 0.965. The van der Waals surface area contributed by atoms with Gasteiger partial charge in [-0.1, -0.05) is 0 Å². The first-order valence-corrected chi connectivity index (χ1v) is 3.36. The van der Waals surface area contributed by atoms with Crippen LogP contribution in [0.3, 0.4) is 0 Å². The first kappa shape index (κ1) is 6.16. The molecule has 2 rings (SSSR count). The molecule has 3 N–H and O–H groups in total. The Hall–Kier alpha value is -1.57. The molecule has 11 heavy (non-hydrogen) atoms. The van der Waals surface area contributed by atoms with Crippen molar-refractivity contribution in [1.82, 2.24) is 15.2 Å². The van der Waals surface area contributed by atoms with Crippen molar-refractivity contribution in [3.05, 3.63) is 5.82 Å². The van der Waals surface area contributed by atoms with Crippen molar-refractivity contribution >= 4 is 5.95 Å². The Labute approximate surface area is 63.2 Å². The molecule has 0 unspecified atom stereocenters. The lowest BCUT2D eigenvalue weighted by Crippen LogP contribution is -2.05. The Morgan fingerprint density at radius 1 is 1.64 bits per heavy atom. The van der Waals surface area contributed by atoms with Crippen molar-refractivity contribution in [2.75, 3.05) is 5.73 Å². The summed E-state index contributed by atoms with van der Waals surface area (Å²) in [6, 6.07) is 2.19. The Bertz CT molecular complexity index is 316. The fourth-order valence-corrected chi connectivity index (χ4v) is 1.02. The molecule has 1 aliphatic carbocycles. The van der Waals surface area contributed by atoms with Crippen LogP contribution in [0.1, 0.15) is 18.7 Å². The van der Waals surface area contributed by atoms with Gasteiger partial charge in [0.15, 0.2) is 0 Å². The first-order valence-electron chi connectivity index (χ1n) is 3.36. The summed E-state index contributed by atoms with van der Waals surface area (Å²) in [6.07, 6.45) is 1.72. The molecule has 0 radical (unpaired) electrons. The molecule has 1 aliphatic rings. The molecule has 0 aromatic carbocycles. The largest absolute Gasteiger partial charge is 0.367 e. The fraction of sp³-hybridized carbons (Fsp3) is 0.500. The van der Waals surface area contributed by atoms with Gasteiger partial charge in [-0.3, -0.25) is 5.10 Å². The second-order valence-corrected chi connectivity index (χ2v) is 2.74. The number of nitrogens with one attached hydrogen (secondary N) is 1. The third-order valence-corrected chi connectivity index (χ3v) is 1.92. The van der Waals surface area contributed by atoms with E-state index in [1.54, 1.807) is 0 Å². The summed E-state index contributed by atoms with van der Waals surface area (Å²) >= 11 is 0. The monoisotopic (exact) mass is 149 g/mol. The van der Waals surface area contributed by atoms with Gasteiger partial charge in [0, 0.05) is 0 Å². The summed E-state index contributed by atoms with van der Waals surface area (Å²) in [4.78, 5) is 3.90. The molecule has 56 valence electrons. The molecule has 1 aromatic rings. The number of nitrogens with two attached hydrogens (primary N) is 1. The fourth-order valence-electron chi connectivity index (χ4n) is 1.02. The Morgan fingerprint density at radius 2 is 2.36 bits per heavy atom. The minimum atomic E-state index is -0.398. The molecule has 1 heterocycles. The topological polar surface area (TPSA) is 91.4 Å². The maximum atomic E-state index is 8.74. The van der Waals surface area contributed by atoms with Crippen molar-refractivity contribution < 1.29 is 0 Å². The van der Waals surface area contributed by atoms with E-state index in [0.29, 0.717) is 5.82 Å². The number of aromatic amines is 1. The third-order valence-electron chi connectivity index (χ3n) is 1.92. The lowest BCUT2D eigenvalue weighted by molar-refractivity contribution is 0.804. The maximum absolute atomic E-state index is 8.74. The summed E-state index contributed by atoms with van der Waals surface area (Å²) in [6.45, 7) is 0. The Balaban J connectivity index is 2.38. The van der Waals surface area contributed by atoms with Gasteiger partial charge in [0.1, 0.15) is 11.2 Å². The van der Waals surface area contributed by atoms with E-state index in [-0.39, 0.29) is 5.95 Å². The summed E-state index contributed by atoms with van der Waals surface area (Å²) in [5, 5.41) is 15.1. The summed E-state index contributed by atoms with van der Waals surface area (Å²) in [5.41, 5.74) is 4.90. The molecule has 0 saturated heterocycles. The lowest BCUT2D eigenvalue weighted by atomic mass is 10.1. The van der Waals surface area contributed by atoms with Gasteiger partial charge in [0.25, 0.3) is 0 Å². The van der Waals surface area contributed by atoms with Crippen LogP contribution in [0.5, 0.6) is 0 Å². The average Bonchev–Trinajstić information content (AvgIpc) is 2.70. The van der Waals surface area contributed by atoms with Gasteiger partial charge in [-0.25, -0.2) is 0 Å². The zero-order valence-corrected chi connectivity index (χ0v) is 5.83. The van der Waals surface area contributed by atoms with Crippen LogP contribution in [-0.2, 0) is 5.41 Å². The number of nitrogen functional groups attached to an aromatic ring is 1. The van der Waals surface area contributed by atoms with Crippen LogP contribution in [0.2, 0.25) is 0 Å². The lowest BCUT2D eigenvalue weighted by Gasteiger charge is -1.95. The van der Waals surface area contributed by atoms with Crippen LogP contribution in [0.4, 0.5) is 5.95 Å². The van der Waals surface area contributed by atoms with Gasteiger partial charge >= 0.3 is 0 Å². The van der Waals surface area contributed by atoms with Crippen LogP contribution in [-0.4, -0.2) is 15.2 Å². The van der Waals surface area contributed by atoms with E-state index in [2.05, 4.69) is 21.3 Å². The molecular weight excluding hydrogens is 142 g/mol. The second-order valence-electron chi connectivity index (χ2n) is 2.74. The number of nitrogens with zero attached hydrogens (tertiary/aromatic N) is 3. The molecule has 5 nitrogen and oxygen atoms in total. The zero-order chi connectivity index (χ0) is 7.90. The molecule has 1 saturated carbocycles. The summed E-state index contributed by atoms with van der Waals surface area (Å²) in [5.74, 6) is 0.819. The van der Waals surface area contributed by atoms with Crippen molar-refractivity contribution in [3.63, 3.8) is 0 Å². The van der Waals surface area contributed by atoms with Gasteiger partial charge in [-0.15, -0.1) is 5.10 Å². The van der Waals surface area contributed by atoms with Gasteiger partial charge in [-0.2, -0.15) is 10.2 Å². The zero-order valence-electron chi connectivity index (χ0n) is 5.83. The van der Waals surface area contributed by atoms with Crippen LogP contribution < -0.4 is 5.73 Å². The quantitative estimate of drug-likeness (QED) is 0.585. The highest BCUT2D eigenvalue weighted by Gasteiger charge is 2.48. The van der Waals surface area contributed by atoms with E-state index in [1.807, 2.05) is 0 Å². The van der Waals surface area contributed by atoms with E-state index in [4.69, 9.17) is 11.0 Å². The van der Waals surface area contributed by atoms with E-state index < -0.39 is 5.41 Å². The van der Waals surface area contributed by atoms with E-state index in [9.17, 15) is 0 Å². The SMILES string of the molecule is N#CC1(c2nc(N)n[nH]2)CC1. The van der Waals surface area contributed by atoms with Gasteiger partial charge in [-0.05, 0) is 12.8 Å². The summed E-state index contributed by atoms with van der Waals surface area (Å²) in [7, 11) is 0. The van der Waals surface area contributed by atoms with E-state index >= 15 is 0 Å². The highest BCUT2D eigenvalue weighted by atomic mass is 15.3. The number of hydrogen-bond donors (Lipinski definition) is 2. The van der Waals surface area contributed by atoms with Gasteiger partial charge in [0.05, 0.1) is 6.07 Å². The second kappa shape index (κ2) is 1.72. The summed E-state index contributed by atoms with van der Waals surface area (Å²) < 4.78 is 0. The van der Waals surface area contributed by atoms with Crippen LogP contribution in [0.25, 0.3) is 0 Å². The standard InChI is InChI=1S/C6H7N5/c7-3-6(1-2-6)4-9-5(8)11-10-4/h1-2H2,(H3,8,9,10,11). The van der Waals surface area contributed by atoms with Crippen molar-refractivity contribution in [2.45, 2.75) is 18.3 Å². The number of H-pyrrole nitrogens is 1. The molecular formula is C6H7N5. The third kappa shape index (κ3) is 0.759. The number of aromatic nitrogens is 3. The highest BCUT2D eigenvalue weighted by Crippen LogP contribution is 2.45. The molecule has 0 spiro atoms. The van der Waals surface area contributed by atoms with Gasteiger partial charge < -0.3 is 5.73 Å². The van der Waals surface area contributed by atoms with Crippen molar-refractivity contribution in [3.8, 4) is 6.07 Å². The van der Waals surface area contributed by atoms with Crippen molar-refractivity contribution in [1.29, 1.82) is 5.26 Å². The van der Waals surface area contributed by atoms with E-state index in [1.165, 1.54) is 0 Å². The predicted molar refractivity (Wildman–Crippen MR) is 37.3 cm³/mol. The molecule has 0 atom stereocenters. The maximum Gasteiger partial charge on any atom is 0.239 e. The van der Waals surface area contributed by atoms with Crippen molar-refractivity contribution in [2.24, 2.45) is 0 Å². The number of anilines is 1. The minimum Gasteiger partial charge on any atom is -0.367 e. The molecule has 1 fully saturated rings. The highest BCUT2D eigenvalue weighted by molar-refractivity contribution is 5.31. The number of nitriles is 1. The van der Waals surface area contributed by atoms with Crippen LogP contribution in [0, 0.1) is 11.3 Å². The molecule has 0 aliphatic heterocycles. The van der Waals surface area contributed by atoms with Crippen LogP contribution >= 0.6 is 0 Å². The van der Waals surface area contributed by atoms with Crippen LogP contribution in [0.15, 0.2) is 0 Å². The van der Waals surface area contributed by atoms with E-state index in [0.717, 1.165) is 12.8 Å². The average molecular weight is 149 g/mol. The first-order chi connectivity index (χ1) is 5.27. The number of hydrogen-bond acceptors (Lipinski definition) is 4. The minimum absolute atomic E-state index is 0.210. The smallest absolute Gasteiger partial charge is 0.239 e. The molecule has 0 bridgehead atoms. The molecule has 5 heteroatoms.